The summed E-state index contributed by atoms with van der Waals surface area (Å²) in [5.41, 5.74) is 0.458. The number of pyridine rings is 1. The molecule has 1 aromatic carbocycles. The molecule has 3 nitrogen and oxygen atoms in total. The highest BCUT2D eigenvalue weighted by atomic mass is 35.5. The van der Waals surface area contributed by atoms with Gasteiger partial charge >= 0.3 is 0 Å². The maximum atomic E-state index is 12.7. The third-order valence-corrected chi connectivity index (χ3v) is 4.34. The number of likely N-dealkylation sites (tertiary alicyclic amines) is 1. The minimum absolute atomic E-state index is 0.00422. The van der Waals surface area contributed by atoms with Crippen molar-refractivity contribution in [3.63, 3.8) is 0 Å². The van der Waals surface area contributed by atoms with Crippen LogP contribution in [0.4, 0.5) is 0 Å². The highest BCUT2D eigenvalue weighted by Gasteiger charge is 2.19. The van der Waals surface area contributed by atoms with E-state index >= 15 is 0 Å². The molecule has 1 amide bonds. The van der Waals surface area contributed by atoms with Gasteiger partial charge in [-0.3, -0.25) is 4.79 Å². The van der Waals surface area contributed by atoms with Crippen molar-refractivity contribution in [1.29, 1.82) is 0 Å². The Morgan fingerprint density at radius 1 is 1.05 bits per heavy atom. The average molecular weight is 303 g/mol. The maximum absolute atomic E-state index is 12.7. The summed E-state index contributed by atoms with van der Waals surface area (Å²) in [4.78, 5) is 18.9. The topological polar surface area (TPSA) is 33.2 Å². The fourth-order valence-corrected chi connectivity index (χ4v) is 3.14. The van der Waals surface area contributed by atoms with E-state index in [4.69, 9.17) is 11.6 Å². The molecule has 3 rings (SSSR count). The van der Waals surface area contributed by atoms with Gasteiger partial charge in [0.15, 0.2) is 0 Å². The minimum atomic E-state index is 0.00422. The van der Waals surface area contributed by atoms with Crippen LogP contribution in [0.15, 0.2) is 30.3 Å². The summed E-state index contributed by atoms with van der Waals surface area (Å²) < 4.78 is 0. The zero-order chi connectivity index (χ0) is 14.7. The molecule has 0 spiro atoms. The number of nitrogens with zero attached hydrogens (tertiary/aromatic N) is 2. The molecule has 1 fully saturated rings. The molecule has 21 heavy (non-hydrogen) atoms. The van der Waals surface area contributed by atoms with Crippen molar-refractivity contribution < 1.29 is 4.79 Å². The Kier molecular flexibility index (Phi) is 4.39. The van der Waals surface area contributed by atoms with E-state index in [2.05, 4.69) is 4.98 Å². The second kappa shape index (κ2) is 6.44. The first kappa shape index (κ1) is 14.3. The number of aromatic nitrogens is 1. The highest BCUT2D eigenvalue weighted by Crippen LogP contribution is 2.23. The molecule has 0 saturated carbocycles. The number of hydrogen-bond acceptors (Lipinski definition) is 2. The van der Waals surface area contributed by atoms with Crippen LogP contribution < -0.4 is 0 Å². The van der Waals surface area contributed by atoms with Crippen LogP contribution >= 0.6 is 11.6 Å². The Labute approximate surface area is 129 Å². The fourth-order valence-electron chi connectivity index (χ4n) is 2.88. The second-order valence-corrected chi connectivity index (χ2v) is 5.94. The van der Waals surface area contributed by atoms with Gasteiger partial charge in [0, 0.05) is 18.5 Å². The summed E-state index contributed by atoms with van der Waals surface area (Å²) in [7, 11) is 0. The maximum Gasteiger partial charge on any atom is 0.272 e. The zero-order valence-electron chi connectivity index (χ0n) is 12.0. The number of carbonyl (C=O) groups is 1. The third-order valence-electron chi connectivity index (χ3n) is 4.06. The van der Waals surface area contributed by atoms with Crippen LogP contribution in [0.2, 0.25) is 5.15 Å². The van der Waals surface area contributed by atoms with Crippen molar-refractivity contribution >= 4 is 28.3 Å². The monoisotopic (exact) mass is 302 g/mol. The summed E-state index contributed by atoms with van der Waals surface area (Å²) in [6.07, 6.45) is 5.84. The Bertz CT molecular complexity index is 648. The van der Waals surface area contributed by atoms with Crippen molar-refractivity contribution in [2.75, 3.05) is 13.1 Å². The fraction of sp³-hybridized carbons (Fsp3) is 0.412. The van der Waals surface area contributed by atoms with Gasteiger partial charge in [0.1, 0.15) is 10.8 Å². The number of carbonyl (C=O) groups excluding carboxylic acids is 1. The Morgan fingerprint density at radius 2 is 1.71 bits per heavy atom. The average Bonchev–Trinajstić information content (AvgIpc) is 2.46. The first-order valence-corrected chi connectivity index (χ1v) is 7.98. The van der Waals surface area contributed by atoms with E-state index in [1.54, 1.807) is 0 Å². The van der Waals surface area contributed by atoms with Crippen LogP contribution in [0, 0.1) is 0 Å². The SMILES string of the molecule is O=C(c1cc2ccccc2c(Cl)n1)N1CCCCCCC1. The molecule has 110 valence electrons. The molecule has 0 unspecified atom stereocenters. The van der Waals surface area contributed by atoms with Crippen molar-refractivity contribution in [3.8, 4) is 0 Å². The number of benzene rings is 1. The molecule has 1 aliphatic rings. The summed E-state index contributed by atoms with van der Waals surface area (Å²) in [6, 6.07) is 9.61. The van der Waals surface area contributed by atoms with Crippen molar-refractivity contribution in [3.05, 3.63) is 41.2 Å². The first-order valence-electron chi connectivity index (χ1n) is 7.60. The van der Waals surface area contributed by atoms with E-state index in [9.17, 15) is 4.79 Å². The van der Waals surface area contributed by atoms with Crippen LogP contribution in [0.3, 0.4) is 0 Å². The van der Waals surface area contributed by atoms with Crippen molar-refractivity contribution in [2.24, 2.45) is 0 Å². The molecular formula is C17H19ClN2O. The second-order valence-electron chi connectivity index (χ2n) is 5.58. The number of fused-ring (bicyclic) bond motifs is 1. The number of rotatable bonds is 1. The Hall–Kier alpha value is -1.61. The molecule has 2 aromatic rings. The van der Waals surface area contributed by atoms with E-state index in [0.717, 1.165) is 36.7 Å². The number of hydrogen-bond donors (Lipinski definition) is 0. The van der Waals surface area contributed by atoms with Gasteiger partial charge < -0.3 is 4.90 Å². The van der Waals surface area contributed by atoms with Gasteiger partial charge in [0.25, 0.3) is 5.91 Å². The number of amides is 1. The zero-order valence-corrected chi connectivity index (χ0v) is 12.8. The molecular weight excluding hydrogens is 284 g/mol. The lowest BCUT2D eigenvalue weighted by Gasteiger charge is -2.24. The lowest BCUT2D eigenvalue weighted by atomic mass is 10.1. The van der Waals surface area contributed by atoms with Gasteiger partial charge in [-0.1, -0.05) is 55.1 Å². The van der Waals surface area contributed by atoms with E-state index in [0.29, 0.717) is 10.8 Å². The first-order chi connectivity index (χ1) is 10.3. The minimum Gasteiger partial charge on any atom is -0.337 e. The molecule has 4 heteroatoms. The normalized spacial score (nSPS) is 16.5. The summed E-state index contributed by atoms with van der Waals surface area (Å²) >= 11 is 6.22. The largest absolute Gasteiger partial charge is 0.337 e. The van der Waals surface area contributed by atoms with Crippen molar-refractivity contribution in [2.45, 2.75) is 32.1 Å². The molecule has 1 aromatic heterocycles. The predicted octanol–water partition coefficient (Wildman–Crippen LogP) is 4.29. The van der Waals surface area contributed by atoms with Crippen LogP contribution in [0.25, 0.3) is 10.8 Å². The summed E-state index contributed by atoms with van der Waals surface area (Å²) in [6.45, 7) is 1.65. The smallest absolute Gasteiger partial charge is 0.272 e. The molecule has 0 bridgehead atoms. The van der Waals surface area contributed by atoms with Crippen LogP contribution in [0.5, 0.6) is 0 Å². The quantitative estimate of drug-likeness (QED) is 0.736. The van der Waals surface area contributed by atoms with Gasteiger partial charge in [0.05, 0.1) is 0 Å². The predicted molar refractivity (Wildman–Crippen MR) is 85.7 cm³/mol. The Morgan fingerprint density at radius 3 is 2.48 bits per heavy atom. The van der Waals surface area contributed by atoms with Gasteiger partial charge in [0.2, 0.25) is 0 Å². The van der Waals surface area contributed by atoms with Gasteiger partial charge in [-0.25, -0.2) is 4.98 Å². The lowest BCUT2D eigenvalue weighted by molar-refractivity contribution is 0.0736. The number of halogens is 1. The molecule has 0 atom stereocenters. The molecule has 0 radical (unpaired) electrons. The van der Waals surface area contributed by atoms with Gasteiger partial charge in [-0.2, -0.15) is 0 Å². The molecule has 0 N–H and O–H groups in total. The van der Waals surface area contributed by atoms with Crippen LogP contribution in [-0.4, -0.2) is 28.9 Å². The molecule has 1 aliphatic heterocycles. The molecule has 2 heterocycles. The Balaban J connectivity index is 1.89. The van der Waals surface area contributed by atoms with Crippen LogP contribution in [0.1, 0.15) is 42.6 Å². The highest BCUT2D eigenvalue weighted by molar-refractivity contribution is 6.34. The summed E-state index contributed by atoms with van der Waals surface area (Å²) in [5, 5.41) is 2.26. The van der Waals surface area contributed by atoms with E-state index < -0.39 is 0 Å². The lowest BCUT2D eigenvalue weighted by Crippen LogP contribution is -2.34. The van der Waals surface area contributed by atoms with E-state index in [-0.39, 0.29) is 5.91 Å². The summed E-state index contributed by atoms with van der Waals surface area (Å²) in [5.74, 6) is 0.00422. The third kappa shape index (κ3) is 3.18. The van der Waals surface area contributed by atoms with Crippen molar-refractivity contribution in [1.82, 2.24) is 9.88 Å². The van der Waals surface area contributed by atoms with Crippen LogP contribution in [-0.2, 0) is 0 Å². The molecule has 1 saturated heterocycles. The van der Waals surface area contributed by atoms with Gasteiger partial charge in [-0.15, -0.1) is 0 Å². The van der Waals surface area contributed by atoms with E-state index in [1.807, 2.05) is 35.2 Å². The standard InChI is InChI=1S/C17H19ClN2O/c18-16-14-9-5-4-8-13(14)12-15(19-16)17(21)20-10-6-2-1-3-7-11-20/h4-5,8-9,12H,1-3,6-7,10-11H2. The van der Waals surface area contributed by atoms with Gasteiger partial charge in [-0.05, 0) is 24.3 Å². The molecule has 0 aliphatic carbocycles. The van der Waals surface area contributed by atoms with E-state index in [1.165, 1.54) is 19.3 Å².